The third-order valence-electron chi connectivity index (χ3n) is 1.81. The molecule has 2 atom stereocenters. The summed E-state index contributed by atoms with van der Waals surface area (Å²) in [5.41, 5.74) is 0. The summed E-state index contributed by atoms with van der Waals surface area (Å²) in [6.45, 7) is 1.88. The molecular formula is C9H13ClN2O3S2. The molecule has 0 spiro atoms. The van der Waals surface area contributed by atoms with Gasteiger partial charge in [-0.3, -0.25) is 4.21 Å². The summed E-state index contributed by atoms with van der Waals surface area (Å²) in [5, 5.41) is 3.68. The first-order chi connectivity index (χ1) is 7.93. The van der Waals surface area contributed by atoms with Gasteiger partial charge in [-0.2, -0.15) is 0 Å². The Kier molecular flexibility index (Phi) is 5.35. The van der Waals surface area contributed by atoms with Gasteiger partial charge in [0.05, 0.1) is 7.11 Å². The minimum absolute atomic E-state index is 0.00598. The quantitative estimate of drug-likeness (QED) is 0.839. The normalized spacial score (nSPS) is 14.1. The average Bonchev–Trinajstić information content (AvgIpc) is 2.56. The van der Waals surface area contributed by atoms with Gasteiger partial charge in [-0.25, -0.2) is 9.78 Å². The monoisotopic (exact) mass is 296 g/mol. The van der Waals surface area contributed by atoms with Gasteiger partial charge in [-0.15, -0.1) is 0 Å². The predicted molar refractivity (Wildman–Crippen MR) is 70.5 cm³/mol. The van der Waals surface area contributed by atoms with Gasteiger partial charge in [0, 0.05) is 28.9 Å². The zero-order valence-corrected chi connectivity index (χ0v) is 12.0. The lowest BCUT2D eigenvalue weighted by Gasteiger charge is -2.10. The van der Waals surface area contributed by atoms with E-state index in [-0.39, 0.29) is 16.1 Å². The molecular weight excluding hydrogens is 284 g/mol. The van der Waals surface area contributed by atoms with E-state index in [1.807, 2.05) is 6.92 Å². The predicted octanol–water partition coefficient (Wildman–Crippen LogP) is 1.76. The minimum Gasteiger partial charge on any atom is -0.465 e. The molecule has 0 bridgehead atoms. The summed E-state index contributed by atoms with van der Waals surface area (Å²) in [7, 11) is 0.398. The molecule has 2 unspecified atom stereocenters. The van der Waals surface area contributed by atoms with E-state index in [1.165, 1.54) is 7.11 Å². The standard InChI is InChI=1S/C9H13ClN2O3S2/c1-5(4-17(3)14)11-9-12-7(10)6(16-9)8(13)15-2/h5H,4H2,1-3H3,(H,11,12). The molecule has 17 heavy (non-hydrogen) atoms. The van der Waals surface area contributed by atoms with Crippen molar-refractivity contribution < 1.29 is 13.7 Å². The maximum absolute atomic E-state index is 11.3. The number of ether oxygens (including phenoxy) is 1. The van der Waals surface area contributed by atoms with E-state index in [2.05, 4.69) is 15.0 Å². The largest absolute Gasteiger partial charge is 0.465 e. The van der Waals surface area contributed by atoms with E-state index in [0.29, 0.717) is 10.9 Å². The molecule has 1 heterocycles. The first-order valence-electron chi connectivity index (χ1n) is 4.75. The van der Waals surface area contributed by atoms with Crippen LogP contribution in [-0.2, 0) is 15.5 Å². The molecule has 96 valence electrons. The smallest absolute Gasteiger partial charge is 0.351 e. The third kappa shape index (κ3) is 4.25. The number of methoxy groups -OCH3 is 1. The Labute approximate surface area is 111 Å². The first-order valence-corrected chi connectivity index (χ1v) is 7.67. The molecule has 8 heteroatoms. The summed E-state index contributed by atoms with van der Waals surface area (Å²) in [6, 6.07) is -0.00598. The van der Waals surface area contributed by atoms with Gasteiger partial charge in [0.25, 0.3) is 0 Å². The number of anilines is 1. The summed E-state index contributed by atoms with van der Waals surface area (Å²) >= 11 is 6.93. The zero-order valence-electron chi connectivity index (χ0n) is 9.65. The fourth-order valence-corrected chi connectivity index (χ4v) is 3.19. The Bertz CT molecular complexity index is 436. The second kappa shape index (κ2) is 6.32. The summed E-state index contributed by atoms with van der Waals surface area (Å²) in [4.78, 5) is 15.6. The summed E-state index contributed by atoms with van der Waals surface area (Å²) < 4.78 is 15.6. The summed E-state index contributed by atoms with van der Waals surface area (Å²) in [5.74, 6) is -0.00244. The van der Waals surface area contributed by atoms with Gasteiger partial charge in [0.2, 0.25) is 0 Å². The van der Waals surface area contributed by atoms with E-state index in [0.717, 1.165) is 11.3 Å². The maximum Gasteiger partial charge on any atom is 0.351 e. The van der Waals surface area contributed by atoms with E-state index < -0.39 is 16.8 Å². The number of thiazole rings is 1. The highest BCUT2D eigenvalue weighted by Crippen LogP contribution is 2.27. The van der Waals surface area contributed by atoms with E-state index in [4.69, 9.17) is 11.6 Å². The summed E-state index contributed by atoms with van der Waals surface area (Å²) in [6.07, 6.45) is 1.63. The minimum atomic E-state index is -0.889. The lowest BCUT2D eigenvalue weighted by molar-refractivity contribution is 0.0606. The van der Waals surface area contributed by atoms with Crippen LogP contribution in [0.25, 0.3) is 0 Å². The van der Waals surface area contributed by atoms with E-state index in [9.17, 15) is 9.00 Å². The number of nitrogens with zero attached hydrogens (tertiary/aromatic N) is 1. The lowest BCUT2D eigenvalue weighted by atomic mass is 10.4. The van der Waals surface area contributed by atoms with Crippen molar-refractivity contribution in [3.05, 3.63) is 10.0 Å². The second-order valence-corrected chi connectivity index (χ2v) is 6.25. The van der Waals surface area contributed by atoms with Gasteiger partial charge in [0.1, 0.15) is 0 Å². The molecule has 0 aliphatic rings. The molecule has 0 aliphatic heterocycles. The van der Waals surface area contributed by atoms with Crippen molar-refractivity contribution >= 4 is 44.8 Å². The van der Waals surface area contributed by atoms with Gasteiger partial charge < -0.3 is 10.1 Å². The molecule has 1 rings (SSSR count). The fourth-order valence-electron chi connectivity index (χ4n) is 1.19. The Balaban J connectivity index is 2.73. The number of hydrogen-bond acceptors (Lipinski definition) is 6. The SMILES string of the molecule is COC(=O)c1sc(NC(C)CS(C)=O)nc1Cl. The highest BCUT2D eigenvalue weighted by atomic mass is 35.5. The van der Waals surface area contributed by atoms with Crippen LogP contribution in [-0.4, -0.2) is 40.3 Å². The number of esters is 1. The molecule has 0 fully saturated rings. The van der Waals surface area contributed by atoms with Crippen LogP contribution in [0, 0.1) is 0 Å². The number of rotatable bonds is 5. The van der Waals surface area contributed by atoms with Crippen LogP contribution in [0.4, 0.5) is 5.13 Å². The fraction of sp³-hybridized carbons (Fsp3) is 0.556. The van der Waals surface area contributed by atoms with Gasteiger partial charge in [-0.1, -0.05) is 22.9 Å². The van der Waals surface area contributed by atoms with E-state index >= 15 is 0 Å². The molecule has 1 N–H and O–H groups in total. The maximum atomic E-state index is 11.3. The molecule has 1 aromatic heterocycles. The molecule has 0 aliphatic carbocycles. The number of carbonyl (C=O) groups excluding carboxylic acids is 1. The Morgan fingerprint density at radius 1 is 1.71 bits per heavy atom. The van der Waals surface area contributed by atoms with Crippen LogP contribution in [0.2, 0.25) is 5.15 Å². The van der Waals surface area contributed by atoms with Gasteiger partial charge in [0.15, 0.2) is 15.2 Å². The molecule has 1 aromatic rings. The molecule has 0 saturated heterocycles. The van der Waals surface area contributed by atoms with Crippen molar-refractivity contribution in [3.8, 4) is 0 Å². The van der Waals surface area contributed by atoms with Crippen molar-refractivity contribution in [1.82, 2.24) is 4.98 Å². The van der Waals surface area contributed by atoms with Crippen LogP contribution in [0.15, 0.2) is 0 Å². The van der Waals surface area contributed by atoms with Crippen molar-refractivity contribution in [2.75, 3.05) is 24.4 Å². The topological polar surface area (TPSA) is 68.3 Å². The number of nitrogens with one attached hydrogen (secondary N) is 1. The first kappa shape index (κ1) is 14.4. The zero-order chi connectivity index (χ0) is 13.0. The van der Waals surface area contributed by atoms with Crippen molar-refractivity contribution in [2.24, 2.45) is 0 Å². The molecule has 0 saturated carbocycles. The highest BCUT2D eigenvalue weighted by Gasteiger charge is 2.18. The molecule has 5 nitrogen and oxygen atoms in total. The van der Waals surface area contributed by atoms with Crippen LogP contribution in [0.5, 0.6) is 0 Å². The van der Waals surface area contributed by atoms with Crippen LogP contribution in [0.1, 0.15) is 16.6 Å². The van der Waals surface area contributed by atoms with Crippen molar-refractivity contribution in [1.29, 1.82) is 0 Å². The average molecular weight is 297 g/mol. The third-order valence-corrected chi connectivity index (χ3v) is 4.13. The van der Waals surface area contributed by atoms with Crippen LogP contribution < -0.4 is 5.32 Å². The molecule has 0 amide bonds. The Hall–Kier alpha value is -0.660. The van der Waals surface area contributed by atoms with Crippen LogP contribution in [0.3, 0.4) is 0 Å². The van der Waals surface area contributed by atoms with Gasteiger partial charge in [-0.05, 0) is 6.92 Å². The van der Waals surface area contributed by atoms with Crippen molar-refractivity contribution in [2.45, 2.75) is 13.0 Å². The van der Waals surface area contributed by atoms with E-state index in [1.54, 1.807) is 6.26 Å². The molecule has 0 radical (unpaired) electrons. The number of hydrogen-bond donors (Lipinski definition) is 1. The number of aromatic nitrogens is 1. The molecule has 0 aromatic carbocycles. The highest BCUT2D eigenvalue weighted by molar-refractivity contribution is 7.84. The Morgan fingerprint density at radius 2 is 2.35 bits per heavy atom. The van der Waals surface area contributed by atoms with Gasteiger partial charge >= 0.3 is 5.97 Å². The Morgan fingerprint density at radius 3 is 2.88 bits per heavy atom. The van der Waals surface area contributed by atoms with Crippen LogP contribution >= 0.6 is 22.9 Å². The number of halogens is 1. The second-order valence-electron chi connectivity index (χ2n) is 3.42. The number of carbonyl (C=O) groups is 1. The lowest BCUT2D eigenvalue weighted by Crippen LogP contribution is -2.22. The van der Waals surface area contributed by atoms with Crippen molar-refractivity contribution in [3.63, 3.8) is 0 Å².